The summed E-state index contributed by atoms with van der Waals surface area (Å²) in [7, 11) is 0. The second-order valence-electron chi connectivity index (χ2n) is 4.52. The molecule has 3 nitrogen and oxygen atoms in total. The molecule has 0 aromatic heterocycles. The molecule has 0 aliphatic heterocycles. The molecule has 2 rings (SSSR count). The van der Waals surface area contributed by atoms with Crippen LogP contribution >= 0.6 is 0 Å². The molecule has 0 amide bonds. The van der Waals surface area contributed by atoms with Crippen LogP contribution in [0.3, 0.4) is 0 Å². The first kappa shape index (κ1) is 11.0. The maximum atomic E-state index is 11.1. The van der Waals surface area contributed by atoms with E-state index in [9.17, 15) is 4.79 Å². The third kappa shape index (κ3) is 2.35. The monoisotopic (exact) mass is 220 g/mol. The molecule has 0 spiro atoms. The molecule has 1 aliphatic carbocycles. The minimum absolute atomic E-state index is 0.276. The van der Waals surface area contributed by atoms with Crippen LogP contribution in [0.25, 0.3) is 0 Å². The number of carbonyl (C=O) groups is 1. The Kier molecular flexibility index (Phi) is 2.86. The molecule has 1 saturated carbocycles. The van der Waals surface area contributed by atoms with Crippen LogP contribution in [0, 0.1) is 19.8 Å². The Hall–Kier alpha value is -1.51. The van der Waals surface area contributed by atoms with Crippen molar-refractivity contribution in [1.82, 2.24) is 0 Å². The number of carboxylic acid groups (broad SMARTS) is 1. The molecule has 0 radical (unpaired) electrons. The summed E-state index contributed by atoms with van der Waals surface area (Å²) < 4.78 is 5.63. The molecule has 16 heavy (non-hydrogen) atoms. The molecule has 0 unspecified atom stereocenters. The van der Waals surface area contributed by atoms with E-state index in [0.717, 1.165) is 11.1 Å². The average molecular weight is 220 g/mol. The Morgan fingerprint density at radius 1 is 1.44 bits per heavy atom. The van der Waals surface area contributed by atoms with Crippen molar-refractivity contribution >= 4 is 5.97 Å². The largest absolute Gasteiger partial charge is 0.492 e. The third-order valence-electron chi connectivity index (χ3n) is 2.81. The summed E-state index contributed by atoms with van der Waals surface area (Å²) in [4.78, 5) is 11.1. The zero-order chi connectivity index (χ0) is 11.7. The normalized spacial score (nSPS) is 14.9. The van der Waals surface area contributed by atoms with Crippen LogP contribution < -0.4 is 4.74 Å². The number of ether oxygens (including phenoxy) is 1. The molecule has 1 aromatic rings. The van der Waals surface area contributed by atoms with Gasteiger partial charge in [0, 0.05) is 0 Å². The van der Waals surface area contributed by atoms with Gasteiger partial charge in [-0.3, -0.25) is 0 Å². The summed E-state index contributed by atoms with van der Waals surface area (Å²) >= 11 is 0. The molecule has 1 aliphatic rings. The van der Waals surface area contributed by atoms with Gasteiger partial charge in [0.05, 0.1) is 6.61 Å². The van der Waals surface area contributed by atoms with E-state index in [2.05, 4.69) is 0 Å². The van der Waals surface area contributed by atoms with Crippen molar-refractivity contribution in [2.75, 3.05) is 6.61 Å². The summed E-state index contributed by atoms with van der Waals surface area (Å²) in [5.41, 5.74) is 2.13. The zero-order valence-electron chi connectivity index (χ0n) is 9.62. The predicted octanol–water partition coefficient (Wildman–Crippen LogP) is 2.79. The van der Waals surface area contributed by atoms with Gasteiger partial charge in [-0.2, -0.15) is 0 Å². The average Bonchev–Trinajstić information content (AvgIpc) is 2.98. The van der Waals surface area contributed by atoms with Crippen LogP contribution in [-0.2, 0) is 0 Å². The molecule has 1 aromatic carbocycles. The first-order chi connectivity index (χ1) is 7.58. The fourth-order valence-corrected chi connectivity index (χ4v) is 1.79. The molecular formula is C13H16O3. The maximum Gasteiger partial charge on any atom is 0.339 e. The highest BCUT2D eigenvalue weighted by atomic mass is 16.5. The van der Waals surface area contributed by atoms with Crippen LogP contribution in [0.5, 0.6) is 5.75 Å². The number of benzene rings is 1. The maximum absolute atomic E-state index is 11.1. The lowest BCUT2D eigenvalue weighted by molar-refractivity contribution is 0.0691. The SMILES string of the molecule is Cc1cc(C)c(OCC2CC2)c(C(=O)O)c1. The van der Waals surface area contributed by atoms with Gasteiger partial charge in [-0.05, 0) is 49.8 Å². The van der Waals surface area contributed by atoms with E-state index in [1.54, 1.807) is 6.07 Å². The molecule has 86 valence electrons. The summed E-state index contributed by atoms with van der Waals surface area (Å²) in [5, 5.41) is 9.12. The van der Waals surface area contributed by atoms with Gasteiger partial charge in [0.2, 0.25) is 0 Å². The lowest BCUT2D eigenvalue weighted by Gasteiger charge is -2.12. The molecule has 1 fully saturated rings. The molecule has 1 N–H and O–H groups in total. The fraction of sp³-hybridized carbons (Fsp3) is 0.462. The first-order valence-electron chi connectivity index (χ1n) is 5.55. The Morgan fingerprint density at radius 3 is 2.69 bits per heavy atom. The standard InChI is InChI=1S/C13H16O3/c1-8-5-9(2)12(11(6-8)13(14)15)16-7-10-3-4-10/h5-6,10H,3-4,7H2,1-2H3,(H,14,15). The van der Waals surface area contributed by atoms with E-state index in [1.807, 2.05) is 19.9 Å². The lowest BCUT2D eigenvalue weighted by Crippen LogP contribution is -2.07. The molecular weight excluding hydrogens is 204 g/mol. The fourth-order valence-electron chi connectivity index (χ4n) is 1.79. The quantitative estimate of drug-likeness (QED) is 0.848. The summed E-state index contributed by atoms with van der Waals surface area (Å²) in [6.07, 6.45) is 2.40. The third-order valence-corrected chi connectivity index (χ3v) is 2.81. The van der Waals surface area contributed by atoms with Gasteiger partial charge < -0.3 is 9.84 Å². The lowest BCUT2D eigenvalue weighted by atomic mass is 10.1. The first-order valence-corrected chi connectivity index (χ1v) is 5.55. The smallest absolute Gasteiger partial charge is 0.339 e. The van der Waals surface area contributed by atoms with E-state index in [4.69, 9.17) is 9.84 Å². The summed E-state index contributed by atoms with van der Waals surface area (Å²) in [6, 6.07) is 3.62. The highest BCUT2D eigenvalue weighted by Crippen LogP contribution is 2.32. The highest BCUT2D eigenvalue weighted by Gasteiger charge is 2.23. The van der Waals surface area contributed by atoms with Gasteiger partial charge in [0.25, 0.3) is 0 Å². The minimum Gasteiger partial charge on any atom is -0.492 e. The van der Waals surface area contributed by atoms with Crippen LogP contribution in [0.4, 0.5) is 0 Å². The minimum atomic E-state index is -0.919. The van der Waals surface area contributed by atoms with E-state index in [-0.39, 0.29) is 5.56 Å². The summed E-state index contributed by atoms with van der Waals surface area (Å²) in [5.74, 6) is 0.241. The van der Waals surface area contributed by atoms with Crippen LogP contribution in [-0.4, -0.2) is 17.7 Å². The Balaban J connectivity index is 2.27. The Morgan fingerprint density at radius 2 is 2.12 bits per heavy atom. The van der Waals surface area contributed by atoms with Crippen molar-refractivity contribution in [3.8, 4) is 5.75 Å². The van der Waals surface area contributed by atoms with Crippen LogP contribution in [0.1, 0.15) is 34.3 Å². The number of rotatable bonds is 4. The van der Waals surface area contributed by atoms with Crippen molar-refractivity contribution in [3.05, 3.63) is 28.8 Å². The number of hydrogen-bond donors (Lipinski definition) is 1. The van der Waals surface area contributed by atoms with Gasteiger partial charge in [0.1, 0.15) is 11.3 Å². The zero-order valence-corrected chi connectivity index (χ0v) is 9.62. The number of aromatic carboxylic acids is 1. The van der Waals surface area contributed by atoms with Gasteiger partial charge in [-0.1, -0.05) is 6.07 Å². The number of carboxylic acids is 1. The molecule has 0 saturated heterocycles. The van der Waals surface area contributed by atoms with Gasteiger partial charge in [-0.25, -0.2) is 4.79 Å². The molecule has 3 heteroatoms. The second kappa shape index (κ2) is 4.16. The van der Waals surface area contributed by atoms with Crippen molar-refractivity contribution in [2.45, 2.75) is 26.7 Å². The molecule has 0 bridgehead atoms. The number of hydrogen-bond acceptors (Lipinski definition) is 2. The summed E-state index contributed by atoms with van der Waals surface area (Å²) in [6.45, 7) is 4.43. The van der Waals surface area contributed by atoms with Crippen molar-refractivity contribution < 1.29 is 14.6 Å². The Bertz CT molecular complexity index is 419. The van der Waals surface area contributed by atoms with E-state index >= 15 is 0 Å². The topological polar surface area (TPSA) is 46.5 Å². The highest BCUT2D eigenvalue weighted by molar-refractivity contribution is 5.91. The van der Waals surface area contributed by atoms with Crippen molar-refractivity contribution in [2.24, 2.45) is 5.92 Å². The predicted molar refractivity (Wildman–Crippen MR) is 61.1 cm³/mol. The molecule has 0 heterocycles. The second-order valence-corrected chi connectivity index (χ2v) is 4.52. The van der Waals surface area contributed by atoms with Crippen molar-refractivity contribution in [3.63, 3.8) is 0 Å². The van der Waals surface area contributed by atoms with Gasteiger partial charge in [-0.15, -0.1) is 0 Å². The van der Waals surface area contributed by atoms with Crippen molar-refractivity contribution in [1.29, 1.82) is 0 Å². The number of aryl methyl sites for hydroxylation is 2. The van der Waals surface area contributed by atoms with E-state index in [1.165, 1.54) is 12.8 Å². The van der Waals surface area contributed by atoms with E-state index in [0.29, 0.717) is 18.3 Å². The van der Waals surface area contributed by atoms with Crippen LogP contribution in [0.2, 0.25) is 0 Å². The molecule has 0 atom stereocenters. The van der Waals surface area contributed by atoms with Gasteiger partial charge in [0.15, 0.2) is 0 Å². The van der Waals surface area contributed by atoms with Crippen LogP contribution in [0.15, 0.2) is 12.1 Å². The van der Waals surface area contributed by atoms with Gasteiger partial charge >= 0.3 is 5.97 Å². The Labute approximate surface area is 95.0 Å². The van der Waals surface area contributed by atoms with E-state index < -0.39 is 5.97 Å².